The average Bonchev–Trinajstić information content (AvgIpc) is 2.95. The number of hydrogen-bond donors (Lipinski definition) is 0. The van der Waals surface area contributed by atoms with Gasteiger partial charge in [0.25, 0.3) is 5.71 Å². The van der Waals surface area contributed by atoms with Gasteiger partial charge in [0.15, 0.2) is 11.4 Å². The summed E-state index contributed by atoms with van der Waals surface area (Å²) in [7, 11) is 0. The number of halogens is 2. The van der Waals surface area contributed by atoms with Crippen molar-refractivity contribution in [1.82, 2.24) is 15.0 Å². The number of fused-ring (bicyclic) bond motifs is 1. The van der Waals surface area contributed by atoms with Gasteiger partial charge < -0.3 is 9.15 Å². The summed E-state index contributed by atoms with van der Waals surface area (Å²) in [5, 5.41) is 0. The van der Waals surface area contributed by atoms with Gasteiger partial charge in [0.2, 0.25) is 0 Å². The van der Waals surface area contributed by atoms with Crippen molar-refractivity contribution in [2.24, 2.45) is 0 Å². The molecule has 3 heterocycles. The summed E-state index contributed by atoms with van der Waals surface area (Å²) in [5.74, 6) is -0.195. The lowest BCUT2D eigenvalue weighted by atomic mass is 9.99. The Morgan fingerprint density at radius 2 is 1.88 bits per heavy atom. The molecule has 1 saturated heterocycles. The average molecular weight is 331 g/mol. The molecule has 0 unspecified atom stereocenters. The molecule has 1 aromatic carbocycles. The molecule has 0 bridgehead atoms. The summed E-state index contributed by atoms with van der Waals surface area (Å²) >= 11 is 0. The number of ether oxygens (including phenoxy) is 1. The van der Waals surface area contributed by atoms with Gasteiger partial charge in [-0.2, -0.15) is 4.98 Å². The van der Waals surface area contributed by atoms with E-state index >= 15 is 0 Å². The molecule has 5 nitrogen and oxygen atoms in total. The maximum absolute atomic E-state index is 14.3. The van der Waals surface area contributed by atoms with Crippen LogP contribution in [0.5, 0.6) is 0 Å². The molecule has 24 heavy (non-hydrogen) atoms. The van der Waals surface area contributed by atoms with E-state index in [9.17, 15) is 8.78 Å². The van der Waals surface area contributed by atoms with E-state index in [-0.39, 0.29) is 11.5 Å². The van der Waals surface area contributed by atoms with Crippen molar-refractivity contribution in [3.63, 3.8) is 0 Å². The van der Waals surface area contributed by atoms with Crippen LogP contribution in [-0.4, -0.2) is 28.2 Å². The molecule has 0 atom stereocenters. The number of rotatable bonds is 2. The Kier molecular flexibility index (Phi) is 3.72. The van der Waals surface area contributed by atoms with Gasteiger partial charge in [0.1, 0.15) is 23.2 Å². The van der Waals surface area contributed by atoms with Gasteiger partial charge in [-0.3, -0.25) is 0 Å². The largest absolute Gasteiger partial charge is 0.422 e. The Morgan fingerprint density at radius 3 is 2.62 bits per heavy atom. The summed E-state index contributed by atoms with van der Waals surface area (Å²) in [6.45, 7) is 2.98. The Labute approximate surface area is 136 Å². The van der Waals surface area contributed by atoms with Crippen LogP contribution in [0.2, 0.25) is 0 Å². The van der Waals surface area contributed by atoms with Crippen molar-refractivity contribution < 1.29 is 17.9 Å². The van der Waals surface area contributed by atoms with E-state index in [4.69, 9.17) is 9.15 Å². The predicted octanol–water partition coefficient (Wildman–Crippen LogP) is 3.77. The van der Waals surface area contributed by atoms with Crippen molar-refractivity contribution >= 4 is 11.2 Å². The summed E-state index contributed by atoms with van der Waals surface area (Å²) in [6, 6.07) is 3.40. The maximum Gasteiger partial charge on any atom is 0.250 e. The molecule has 3 aromatic rings. The lowest BCUT2D eigenvalue weighted by Crippen LogP contribution is -2.16. The van der Waals surface area contributed by atoms with Crippen molar-refractivity contribution in [2.75, 3.05) is 13.2 Å². The zero-order valence-corrected chi connectivity index (χ0v) is 13.1. The van der Waals surface area contributed by atoms with Gasteiger partial charge in [-0.05, 0) is 25.0 Å². The lowest BCUT2D eigenvalue weighted by molar-refractivity contribution is 0.0836. The SMILES string of the molecule is Cc1nc2c(-c3ccc(F)cc3F)nc(C3CCOCC3)nc2o1. The number of aromatic nitrogens is 3. The molecule has 7 heteroatoms. The first-order valence-corrected chi connectivity index (χ1v) is 7.80. The van der Waals surface area contributed by atoms with Crippen molar-refractivity contribution in [2.45, 2.75) is 25.7 Å². The molecule has 0 aliphatic carbocycles. The fraction of sp³-hybridized carbons (Fsp3) is 0.353. The molecule has 1 aliphatic heterocycles. The van der Waals surface area contributed by atoms with Gasteiger partial charge in [-0.1, -0.05) is 0 Å². The first kappa shape index (κ1) is 15.1. The van der Waals surface area contributed by atoms with E-state index in [1.165, 1.54) is 12.1 Å². The van der Waals surface area contributed by atoms with E-state index in [0.29, 0.717) is 41.9 Å². The van der Waals surface area contributed by atoms with Crippen LogP contribution in [0.15, 0.2) is 22.6 Å². The standard InChI is InChI=1S/C17H15F2N3O2/c1-9-20-15-14(12-3-2-11(18)8-13(12)19)21-16(22-17(15)24-9)10-4-6-23-7-5-10/h2-3,8,10H,4-7H2,1H3. The molecule has 0 spiro atoms. The topological polar surface area (TPSA) is 61.0 Å². The highest BCUT2D eigenvalue weighted by molar-refractivity contribution is 5.86. The maximum atomic E-state index is 14.3. The molecular weight excluding hydrogens is 316 g/mol. The fourth-order valence-electron chi connectivity index (χ4n) is 2.95. The number of benzene rings is 1. The van der Waals surface area contributed by atoms with Crippen LogP contribution in [-0.2, 0) is 4.74 Å². The van der Waals surface area contributed by atoms with E-state index < -0.39 is 11.6 Å². The van der Waals surface area contributed by atoms with E-state index in [1.807, 2.05) is 0 Å². The van der Waals surface area contributed by atoms with Crippen LogP contribution < -0.4 is 0 Å². The van der Waals surface area contributed by atoms with Crippen molar-refractivity contribution in [3.05, 3.63) is 41.5 Å². The van der Waals surface area contributed by atoms with Crippen molar-refractivity contribution in [3.8, 4) is 11.3 Å². The Bertz CT molecular complexity index is 904. The quantitative estimate of drug-likeness (QED) is 0.715. The normalized spacial score (nSPS) is 16.0. The zero-order valence-electron chi connectivity index (χ0n) is 13.1. The summed E-state index contributed by atoms with van der Waals surface area (Å²) in [4.78, 5) is 13.3. The van der Waals surface area contributed by atoms with Crippen LogP contribution in [0, 0.1) is 18.6 Å². The van der Waals surface area contributed by atoms with Crippen LogP contribution in [0.1, 0.15) is 30.5 Å². The van der Waals surface area contributed by atoms with Gasteiger partial charge in [-0.25, -0.2) is 18.7 Å². The minimum absolute atomic E-state index is 0.121. The minimum Gasteiger partial charge on any atom is -0.422 e. The summed E-state index contributed by atoms with van der Waals surface area (Å²) in [6.07, 6.45) is 1.59. The predicted molar refractivity (Wildman–Crippen MR) is 82.5 cm³/mol. The zero-order chi connectivity index (χ0) is 16.7. The highest BCUT2D eigenvalue weighted by Crippen LogP contribution is 2.32. The van der Waals surface area contributed by atoms with Gasteiger partial charge >= 0.3 is 0 Å². The van der Waals surface area contributed by atoms with E-state index in [1.54, 1.807) is 6.92 Å². The van der Waals surface area contributed by atoms with E-state index in [2.05, 4.69) is 15.0 Å². The smallest absolute Gasteiger partial charge is 0.250 e. The number of nitrogens with zero attached hydrogens (tertiary/aromatic N) is 3. The Balaban J connectivity index is 1.91. The van der Waals surface area contributed by atoms with Gasteiger partial charge in [0, 0.05) is 37.7 Å². The van der Waals surface area contributed by atoms with Crippen molar-refractivity contribution in [1.29, 1.82) is 0 Å². The molecule has 0 N–H and O–H groups in total. The van der Waals surface area contributed by atoms with Crippen LogP contribution >= 0.6 is 0 Å². The molecule has 1 aliphatic rings. The second-order valence-corrected chi connectivity index (χ2v) is 5.83. The van der Waals surface area contributed by atoms with Crippen LogP contribution in [0.25, 0.3) is 22.5 Å². The number of hydrogen-bond acceptors (Lipinski definition) is 5. The van der Waals surface area contributed by atoms with E-state index in [0.717, 1.165) is 18.9 Å². The summed E-state index contributed by atoms with van der Waals surface area (Å²) in [5.41, 5.74) is 1.22. The molecule has 2 aromatic heterocycles. The Morgan fingerprint density at radius 1 is 1.08 bits per heavy atom. The van der Waals surface area contributed by atoms with Gasteiger partial charge in [-0.15, -0.1) is 0 Å². The van der Waals surface area contributed by atoms with Crippen LogP contribution in [0.3, 0.4) is 0 Å². The second-order valence-electron chi connectivity index (χ2n) is 5.83. The second kappa shape index (κ2) is 5.90. The monoisotopic (exact) mass is 331 g/mol. The highest BCUT2D eigenvalue weighted by atomic mass is 19.1. The molecular formula is C17H15F2N3O2. The number of oxazole rings is 1. The molecule has 0 saturated carbocycles. The number of aryl methyl sites for hydroxylation is 1. The molecule has 0 amide bonds. The third-order valence-electron chi connectivity index (χ3n) is 4.16. The van der Waals surface area contributed by atoms with Crippen LogP contribution in [0.4, 0.5) is 8.78 Å². The molecule has 4 rings (SSSR count). The molecule has 1 fully saturated rings. The fourth-order valence-corrected chi connectivity index (χ4v) is 2.95. The summed E-state index contributed by atoms with van der Waals surface area (Å²) < 4.78 is 38.4. The first-order chi connectivity index (χ1) is 11.6. The highest BCUT2D eigenvalue weighted by Gasteiger charge is 2.24. The molecule has 0 radical (unpaired) electrons. The third kappa shape index (κ3) is 2.65. The Hall–Kier alpha value is -2.41. The first-order valence-electron chi connectivity index (χ1n) is 7.80. The minimum atomic E-state index is -0.686. The lowest BCUT2D eigenvalue weighted by Gasteiger charge is -2.21. The third-order valence-corrected chi connectivity index (χ3v) is 4.16. The molecule has 124 valence electrons. The van der Waals surface area contributed by atoms with Gasteiger partial charge in [0.05, 0.1) is 0 Å².